The normalized spacial score (nSPS) is 19.0. The minimum atomic E-state index is -0.606. The molecule has 2 fully saturated rings. The van der Waals surface area contributed by atoms with Crippen LogP contribution in [0.15, 0.2) is 17.1 Å². The summed E-state index contributed by atoms with van der Waals surface area (Å²) in [5.41, 5.74) is -0.102. The first-order chi connectivity index (χ1) is 15.8. The maximum atomic E-state index is 13.3. The summed E-state index contributed by atoms with van der Waals surface area (Å²) in [6.45, 7) is 5.40. The summed E-state index contributed by atoms with van der Waals surface area (Å²) in [6.07, 6.45) is 7.92. The van der Waals surface area contributed by atoms with E-state index in [1.165, 1.54) is 21.4 Å². The Kier molecular flexibility index (Phi) is 6.55. The Bertz CT molecular complexity index is 1140. The van der Waals surface area contributed by atoms with E-state index >= 15 is 0 Å². The van der Waals surface area contributed by atoms with Gasteiger partial charge in [-0.05, 0) is 43.6 Å². The van der Waals surface area contributed by atoms with Crippen LogP contribution in [0.5, 0.6) is 5.88 Å². The molecule has 10 nitrogen and oxygen atoms in total. The third-order valence-electron chi connectivity index (χ3n) is 6.09. The zero-order valence-corrected chi connectivity index (χ0v) is 19.0. The first-order valence-electron chi connectivity index (χ1n) is 11.5. The number of aromatic hydroxyl groups is 1. The molecule has 0 bridgehead atoms. The number of likely N-dealkylation sites (tertiary alicyclic amines) is 1. The van der Waals surface area contributed by atoms with Gasteiger partial charge in [0.15, 0.2) is 5.56 Å². The molecule has 1 atom stereocenters. The molecule has 33 heavy (non-hydrogen) atoms. The molecule has 4 rings (SSSR count). The van der Waals surface area contributed by atoms with Gasteiger partial charge < -0.3 is 20.4 Å². The highest BCUT2D eigenvalue weighted by atomic mass is 16.3. The van der Waals surface area contributed by atoms with Crippen molar-refractivity contribution in [2.75, 3.05) is 19.7 Å². The number of carbonyl (C=O) groups is 2. The number of rotatable bonds is 7. The molecule has 1 unspecified atom stereocenters. The van der Waals surface area contributed by atoms with Crippen molar-refractivity contribution in [2.45, 2.75) is 52.1 Å². The van der Waals surface area contributed by atoms with Gasteiger partial charge in [-0.15, -0.1) is 0 Å². The lowest BCUT2D eigenvalue weighted by atomic mass is 9.99. The molecule has 10 heteroatoms. The van der Waals surface area contributed by atoms with E-state index in [0.717, 1.165) is 25.7 Å². The second-order valence-corrected chi connectivity index (χ2v) is 9.40. The fourth-order valence-corrected chi connectivity index (χ4v) is 4.23. The number of piperidine rings is 1. The van der Waals surface area contributed by atoms with Crippen LogP contribution in [0.4, 0.5) is 0 Å². The summed E-state index contributed by atoms with van der Waals surface area (Å²) < 4.78 is 2.62. The Morgan fingerprint density at radius 1 is 1.30 bits per heavy atom. The van der Waals surface area contributed by atoms with E-state index in [4.69, 9.17) is 0 Å². The molecule has 0 aromatic carbocycles. The van der Waals surface area contributed by atoms with Gasteiger partial charge in [0.1, 0.15) is 5.65 Å². The molecule has 2 aliphatic rings. The predicted octanol–water partition coefficient (Wildman–Crippen LogP) is 0.994. The van der Waals surface area contributed by atoms with Crippen molar-refractivity contribution in [1.82, 2.24) is 24.4 Å². The lowest BCUT2D eigenvalue weighted by Crippen LogP contribution is -2.40. The second kappa shape index (κ2) is 9.38. The van der Waals surface area contributed by atoms with Crippen LogP contribution in [0, 0.1) is 11.8 Å². The summed E-state index contributed by atoms with van der Waals surface area (Å²) in [6, 6.07) is 0.0351. The smallest absolute Gasteiger partial charge is 0.270 e. The molecule has 1 saturated carbocycles. The van der Waals surface area contributed by atoms with E-state index in [9.17, 15) is 24.6 Å². The summed E-state index contributed by atoms with van der Waals surface area (Å²) >= 11 is 0. The molecular formula is C23H31N5O5. The molecular weight excluding hydrogens is 426 g/mol. The van der Waals surface area contributed by atoms with E-state index in [1.54, 1.807) is 11.0 Å². The van der Waals surface area contributed by atoms with Crippen molar-refractivity contribution in [3.63, 3.8) is 0 Å². The number of nitrogens with zero attached hydrogens (tertiary/aromatic N) is 4. The number of amides is 2. The van der Waals surface area contributed by atoms with Gasteiger partial charge in [0, 0.05) is 43.9 Å². The summed E-state index contributed by atoms with van der Waals surface area (Å²) in [5.74, 6) is -1.13. The van der Waals surface area contributed by atoms with E-state index in [1.807, 2.05) is 13.8 Å². The maximum absolute atomic E-state index is 13.3. The number of hydrogen-bond acceptors (Lipinski definition) is 6. The SMILES string of the molecule is CC(C)Cn1c(=O)c(C(=O)NC2CC2)c(O)n2ncc(/C=C/C(=O)N3CCCC(CO)C3)c12. The van der Waals surface area contributed by atoms with Crippen LogP contribution in [0.25, 0.3) is 11.7 Å². The first kappa shape index (κ1) is 23.0. The van der Waals surface area contributed by atoms with Crippen LogP contribution in [0.1, 0.15) is 55.5 Å². The highest BCUT2D eigenvalue weighted by molar-refractivity contribution is 5.97. The summed E-state index contributed by atoms with van der Waals surface area (Å²) in [4.78, 5) is 40.3. The Morgan fingerprint density at radius 3 is 2.73 bits per heavy atom. The zero-order chi connectivity index (χ0) is 23.7. The number of hydrogen-bond donors (Lipinski definition) is 3. The molecule has 1 aliphatic heterocycles. The average Bonchev–Trinajstić information content (AvgIpc) is 3.50. The lowest BCUT2D eigenvalue weighted by molar-refractivity contribution is -0.127. The maximum Gasteiger partial charge on any atom is 0.270 e. The fraction of sp³-hybridized carbons (Fsp3) is 0.565. The van der Waals surface area contributed by atoms with Gasteiger partial charge in [0.2, 0.25) is 11.8 Å². The summed E-state index contributed by atoms with van der Waals surface area (Å²) in [5, 5.41) is 27.1. The van der Waals surface area contributed by atoms with Crippen molar-refractivity contribution in [3.8, 4) is 5.88 Å². The molecule has 0 radical (unpaired) electrons. The van der Waals surface area contributed by atoms with Gasteiger partial charge in [0.25, 0.3) is 11.5 Å². The van der Waals surface area contributed by atoms with Crippen molar-refractivity contribution < 1.29 is 19.8 Å². The van der Waals surface area contributed by atoms with Crippen LogP contribution >= 0.6 is 0 Å². The number of aromatic nitrogens is 3. The van der Waals surface area contributed by atoms with Crippen LogP contribution < -0.4 is 10.9 Å². The highest BCUT2D eigenvalue weighted by Crippen LogP contribution is 2.24. The minimum absolute atomic E-state index is 0.0351. The number of carbonyl (C=O) groups excluding carboxylic acids is 2. The molecule has 2 amide bonds. The summed E-state index contributed by atoms with van der Waals surface area (Å²) in [7, 11) is 0. The van der Waals surface area contributed by atoms with Gasteiger partial charge in [-0.3, -0.25) is 19.0 Å². The highest BCUT2D eigenvalue weighted by Gasteiger charge is 2.30. The van der Waals surface area contributed by atoms with Crippen molar-refractivity contribution in [3.05, 3.63) is 33.8 Å². The largest absolute Gasteiger partial charge is 0.492 e. The van der Waals surface area contributed by atoms with E-state index < -0.39 is 17.3 Å². The zero-order valence-electron chi connectivity index (χ0n) is 19.0. The predicted molar refractivity (Wildman–Crippen MR) is 122 cm³/mol. The van der Waals surface area contributed by atoms with E-state index in [2.05, 4.69) is 10.4 Å². The Hall–Kier alpha value is -3.14. The monoisotopic (exact) mass is 457 g/mol. The Morgan fingerprint density at radius 2 is 2.06 bits per heavy atom. The third kappa shape index (κ3) is 4.80. The Labute approximate surface area is 191 Å². The van der Waals surface area contributed by atoms with E-state index in [-0.39, 0.29) is 36.0 Å². The Balaban J connectivity index is 1.71. The van der Waals surface area contributed by atoms with Crippen molar-refractivity contribution in [1.29, 1.82) is 0 Å². The molecule has 3 N–H and O–H groups in total. The minimum Gasteiger partial charge on any atom is -0.492 e. The quantitative estimate of drug-likeness (QED) is 0.532. The van der Waals surface area contributed by atoms with Gasteiger partial charge in [-0.2, -0.15) is 9.61 Å². The third-order valence-corrected chi connectivity index (χ3v) is 6.09. The number of aliphatic hydroxyl groups is 1. The molecule has 0 spiro atoms. The van der Waals surface area contributed by atoms with Gasteiger partial charge in [-0.25, -0.2) is 0 Å². The molecule has 3 heterocycles. The van der Waals surface area contributed by atoms with E-state index in [0.29, 0.717) is 30.8 Å². The number of aliphatic hydroxyl groups excluding tert-OH is 1. The lowest BCUT2D eigenvalue weighted by Gasteiger charge is -2.31. The number of nitrogens with one attached hydrogen (secondary N) is 1. The van der Waals surface area contributed by atoms with Crippen molar-refractivity contribution >= 4 is 23.5 Å². The van der Waals surface area contributed by atoms with Crippen LogP contribution in [-0.2, 0) is 11.3 Å². The number of fused-ring (bicyclic) bond motifs is 1. The standard InChI is InChI=1S/C23H31N5O5/c1-14(2)11-27-21-16(5-8-18(30)26-9-3-4-15(12-26)13-29)10-24-28(21)23(33)19(22(27)32)20(31)25-17-6-7-17/h5,8,10,14-15,17,29,33H,3-4,6-7,9,11-13H2,1-2H3,(H,25,31)/b8-5+. The topological polar surface area (TPSA) is 129 Å². The van der Waals surface area contributed by atoms with Crippen LogP contribution in [-0.4, -0.2) is 66.8 Å². The average molecular weight is 458 g/mol. The van der Waals surface area contributed by atoms with Gasteiger partial charge in [-0.1, -0.05) is 13.8 Å². The second-order valence-electron chi connectivity index (χ2n) is 9.40. The van der Waals surface area contributed by atoms with Crippen LogP contribution in [0.3, 0.4) is 0 Å². The van der Waals surface area contributed by atoms with Gasteiger partial charge in [0.05, 0.1) is 6.20 Å². The molecule has 2 aromatic heterocycles. The molecule has 1 aliphatic carbocycles. The van der Waals surface area contributed by atoms with Gasteiger partial charge >= 0.3 is 0 Å². The van der Waals surface area contributed by atoms with Crippen molar-refractivity contribution in [2.24, 2.45) is 11.8 Å². The molecule has 1 saturated heterocycles. The van der Waals surface area contributed by atoms with Crippen LogP contribution in [0.2, 0.25) is 0 Å². The fourth-order valence-electron chi connectivity index (χ4n) is 4.23. The molecule has 2 aromatic rings. The first-order valence-corrected chi connectivity index (χ1v) is 11.5. The molecule has 178 valence electrons.